The minimum atomic E-state index is -0.141. The third-order valence-electron chi connectivity index (χ3n) is 3.95. The van der Waals surface area contributed by atoms with Gasteiger partial charge in [0.15, 0.2) is 16.6 Å². The Bertz CT molecular complexity index is 972. The van der Waals surface area contributed by atoms with Crippen LogP contribution < -0.4 is 24.4 Å². The summed E-state index contributed by atoms with van der Waals surface area (Å²) in [4.78, 5) is 18.8. The predicted octanol–water partition coefficient (Wildman–Crippen LogP) is 3.11. The van der Waals surface area contributed by atoms with Crippen LogP contribution in [-0.4, -0.2) is 38.4 Å². The Hall–Kier alpha value is -3.00. The number of thiazole rings is 1. The van der Waals surface area contributed by atoms with Crippen LogP contribution in [-0.2, 0) is 4.79 Å². The molecule has 0 aliphatic carbocycles. The molecule has 2 heterocycles. The average molecular weight is 371 g/mol. The largest absolute Gasteiger partial charge is 0.494 e. The number of methoxy groups -OCH3 is 1. The third-order valence-corrected chi connectivity index (χ3v) is 5.09. The fourth-order valence-corrected chi connectivity index (χ4v) is 3.64. The SMILES string of the molecule is COc1cccc2sc(N(C)CC(=O)Nc3ccc4c(c3)OCO4)nc12. The van der Waals surface area contributed by atoms with E-state index in [1.165, 1.54) is 11.3 Å². The molecule has 0 bridgehead atoms. The van der Waals surface area contributed by atoms with E-state index in [0.29, 0.717) is 17.2 Å². The minimum absolute atomic E-state index is 0.141. The standard InChI is InChI=1S/C18H17N3O4S/c1-21(18-20-17-13(23-2)4-3-5-15(17)26-18)9-16(22)19-11-6-7-12-14(8-11)25-10-24-12/h3-8H,9-10H2,1-2H3,(H,19,22). The van der Waals surface area contributed by atoms with Gasteiger partial charge in [0, 0.05) is 18.8 Å². The van der Waals surface area contributed by atoms with E-state index in [2.05, 4.69) is 10.3 Å². The van der Waals surface area contributed by atoms with Gasteiger partial charge in [-0.05, 0) is 24.3 Å². The first-order chi connectivity index (χ1) is 12.6. The number of hydrogen-bond donors (Lipinski definition) is 1. The molecule has 4 rings (SSSR count). The molecule has 0 unspecified atom stereocenters. The second-order valence-corrected chi connectivity index (χ2v) is 6.78. The fraction of sp³-hybridized carbons (Fsp3) is 0.222. The molecule has 1 amide bonds. The molecule has 1 N–H and O–H groups in total. The Kier molecular flexibility index (Phi) is 4.26. The monoisotopic (exact) mass is 371 g/mol. The van der Waals surface area contributed by atoms with Gasteiger partial charge in [-0.25, -0.2) is 4.98 Å². The Labute approximate surface area is 154 Å². The lowest BCUT2D eigenvalue weighted by Gasteiger charge is -2.15. The van der Waals surface area contributed by atoms with Crippen LogP contribution in [0, 0.1) is 0 Å². The van der Waals surface area contributed by atoms with Gasteiger partial charge in [-0.1, -0.05) is 17.4 Å². The van der Waals surface area contributed by atoms with Crippen molar-refractivity contribution in [1.29, 1.82) is 0 Å². The highest BCUT2D eigenvalue weighted by molar-refractivity contribution is 7.22. The van der Waals surface area contributed by atoms with Crippen molar-refractivity contribution in [2.75, 3.05) is 37.7 Å². The van der Waals surface area contributed by atoms with Crippen LogP contribution in [0.3, 0.4) is 0 Å². The molecule has 0 atom stereocenters. The molecule has 26 heavy (non-hydrogen) atoms. The number of ether oxygens (including phenoxy) is 3. The number of anilines is 2. The third kappa shape index (κ3) is 3.11. The zero-order valence-electron chi connectivity index (χ0n) is 14.3. The molecule has 3 aromatic rings. The van der Waals surface area contributed by atoms with Crippen molar-refractivity contribution in [2.24, 2.45) is 0 Å². The summed E-state index contributed by atoms with van der Waals surface area (Å²) in [5.41, 5.74) is 1.47. The summed E-state index contributed by atoms with van der Waals surface area (Å²) in [6.45, 7) is 0.382. The van der Waals surface area contributed by atoms with Crippen molar-refractivity contribution in [3.8, 4) is 17.2 Å². The lowest BCUT2D eigenvalue weighted by molar-refractivity contribution is -0.114. The van der Waals surface area contributed by atoms with Crippen LogP contribution in [0.25, 0.3) is 10.2 Å². The maximum Gasteiger partial charge on any atom is 0.243 e. The van der Waals surface area contributed by atoms with Gasteiger partial charge in [-0.3, -0.25) is 4.79 Å². The summed E-state index contributed by atoms with van der Waals surface area (Å²) in [5.74, 6) is 1.90. The van der Waals surface area contributed by atoms with E-state index < -0.39 is 0 Å². The number of likely N-dealkylation sites (N-methyl/N-ethyl adjacent to an activating group) is 1. The van der Waals surface area contributed by atoms with Crippen LogP contribution >= 0.6 is 11.3 Å². The van der Waals surface area contributed by atoms with Gasteiger partial charge in [-0.2, -0.15) is 0 Å². The van der Waals surface area contributed by atoms with Gasteiger partial charge in [0.1, 0.15) is 11.3 Å². The highest BCUT2D eigenvalue weighted by Crippen LogP contribution is 2.35. The second kappa shape index (κ2) is 6.72. The first kappa shape index (κ1) is 16.5. The molecule has 0 radical (unpaired) electrons. The van der Waals surface area contributed by atoms with Crippen molar-refractivity contribution < 1.29 is 19.0 Å². The summed E-state index contributed by atoms with van der Waals surface area (Å²) < 4.78 is 16.9. The van der Waals surface area contributed by atoms with Gasteiger partial charge in [0.25, 0.3) is 0 Å². The Morgan fingerprint density at radius 3 is 3.00 bits per heavy atom. The van der Waals surface area contributed by atoms with Gasteiger partial charge in [-0.15, -0.1) is 0 Å². The van der Waals surface area contributed by atoms with E-state index >= 15 is 0 Å². The van der Waals surface area contributed by atoms with Gasteiger partial charge < -0.3 is 24.4 Å². The number of nitrogens with one attached hydrogen (secondary N) is 1. The molecule has 0 spiro atoms. The minimum Gasteiger partial charge on any atom is -0.494 e. The van der Waals surface area contributed by atoms with Gasteiger partial charge in [0.05, 0.1) is 18.4 Å². The summed E-state index contributed by atoms with van der Waals surface area (Å²) in [6, 6.07) is 11.1. The molecule has 0 saturated heterocycles. The highest BCUT2D eigenvalue weighted by Gasteiger charge is 2.16. The summed E-state index contributed by atoms with van der Waals surface area (Å²) in [5, 5.41) is 3.62. The molecule has 2 aromatic carbocycles. The first-order valence-electron chi connectivity index (χ1n) is 7.98. The predicted molar refractivity (Wildman–Crippen MR) is 101 cm³/mol. The highest BCUT2D eigenvalue weighted by atomic mass is 32.1. The topological polar surface area (TPSA) is 72.9 Å². The number of aromatic nitrogens is 1. The number of carbonyl (C=O) groups excluding carboxylic acids is 1. The normalized spacial score (nSPS) is 12.2. The molecular formula is C18H17N3O4S. The second-order valence-electron chi connectivity index (χ2n) is 5.78. The molecule has 1 aliphatic rings. The van der Waals surface area contributed by atoms with E-state index in [4.69, 9.17) is 14.2 Å². The molecule has 8 heteroatoms. The molecule has 134 valence electrons. The fourth-order valence-electron chi connectivity index (χ4n) is 2.70. The van der Waals surface area contributed by atoms with Crippen molar-refractivity contribution in [3.63, 3.8) is 0 Å². The molecule has 0 fully saturated rings. The smallest absolute Gasteiger partial charge is 0.243 e. The van der Waals surface area contributed by atoms with Crippen LogP contribution in [0.2, 0.25) is 0 Å². The Morgan fingerprint density at radius 2 is 2.15 bits per heavy atom. The van der Waals surface area contributed by atoms with E-state index in [0.717, 1.165) is 21.1 Å². The molecule has 1 aromatic heterocycles. The maximum absolute atomic E-state index is 12.4. The number of rotatable bonds is 5. The van der Waals surface area contributed by atoms with Gasteiger partial charge >= 0.3 is 0 Å². The van der Waals surface area contributed by atoms with Crippen molar-refractivity contribution >= 4 is 38.3 Å². The lowest BCUT2D eigenvalue weighted by atomic mass is 10.3. The number of carbonyl (C=O) groups is 1. The van der Waals surface area contributed by atoms with Crippen LogP contribution in [0.15, 0.2) is 36.4 Å². The van der Waals surface area contributed by atoms with Crippen LogP contribution in [0.5, 0.6) is 17.2 Å². The number of hydrogen-bond acceptors (Lipinski definition) is 7. The van der Waals surface area contributed by atoms with E-state index in [1.807, 2.05) is 30.1 Å². The summed E-state index contributed by atoms with van der Waals surface area (Å²) >= 11 is 1.52. The van der Waals surface area contributed by atoms with E-state index in [9.17, 15) is 4.79 Å². The van der Waals surface area contributed by atoms with E-state index in [-0.39, 0.29) is 19.2 Å². The van der Waals surface area contributed by atoms with Crippen LogP contribution in [0.4, 0.5) is 10.8 Å². The summed E-state index contributed by atoms with van der Waals surface area (Å²) in [7, 11) is 3.46. The maximum atomic E-state index is 12.4. The number of fused-ring (bicyclic) bond motifs is 2. The molecule has 1 aliphatic heterocycles. The average Bonchev–Trinajstić information content (AvgIpc) is 3.27. The molecular weight excluding hydrogens is 354 g/mol. The van der Waals surface area contributed by atoms with Crippen molar-refractivity contribution in [2.45, 2.75) is 0 Å². The number of para-hydroxylation sites is 1. The van der Waals surface area contributed by atoms with Crippen LogP contribution in [0.1, 0.15) is 0 Å². The lowest BCUT2D eigenvalue weighted by Crippen LogP contribution is -2.29. The van der Waals surface area contributed by atoms with E-state index in [1.54, 1.807) is 25.3 Å². The zero-order valence-corrected chi connectivity index (χ0v) is 15.1. The van der Waals surface area contributed by atoms with Crippen molar-refractivity contribution in [3.05, 3.63) is 36.4 Å². The van der Waals surface area contributed by atoms with Crippen molar-refractivity contribution in [1.82, 2.24) is 4.98 Å². The zero-order chi connectivity index (χ0) is 18.1. The summed E-state index contributed by atoms with van der Waals surface area (Å²) in [6.07, 6.45) is 0. The number of benzene rings is 2. The molecule has 7 nitrogen and oxygen atoms in total. The number of nitrogens with zero attached hydrogens (tertiary/aromatic N) is 2. The Balaban J connectivity index is 1.46. The van der Waals surface area contributed by atoms with Gasteiger partial charge in [0.2, 0.25) is 12.7 Å². The number of amides is 1. The molecule has 0 saturated carbocycles. The first-order valence-corrected chi connectivity index (χ1v) is 8.80. The Morgan fingerprint density at radius 1 is 1.31 bits per heavy atom. The quantitative estimate of drug-likeness (QED) is 0.743.